The van der Waals surface area contributed by atoms with Crippen molar-refractivity contribution < 1.29 is 0 Å². The molecule has 1 unspecified atom stereocenters. The van der Waals surface area contributed by atoms with Crippen LogP contribution in [0.3, 0.4) is 0 Å². The van der Waals surface area contributed by atoms with Gasteiger partial charge >= 0.3 is 0 Å². The normalized spacial score (nSPS) is 37.0. The highest BCUT2D eigenvalue weighted by Gasteiger charge is 2.40. The second kappa shape index (κ2) is 3.02. The van der Waals surface area contributed by atoms with Gasteiger partial charge in [0.05, 0.1) is 8.07 Å². The van der Waals surface area contributed by atoms with E-state index in [4.69, 9.17) is 12.2 Å². The molecule has 0 radical (unpaired) electrons. The van der Waals surface area contributed by atoms with Gasteiger partial charge in [-0.3, -0.25) is 0 Å². The summed E-state index contributed by atoms with van der Waals surface area (Å²) in [4.78, 5) is 0. The van der Waals surface area contributed by atoms with Crippen molar-refractivity contribution in [1.82, 2.24) is 0 Å². The van der Waals surface area contributed by atoms with Crippen LogP contribution in [0.25, 0.3) is 0 Å². The van der Waals surface area contributed by atoms with Crippen LogP contribution in [0.2, 0.25) is 19.6 Å². The minimum Gasteiger partial charge on any atom is -0.0943 e. The third-order valence-electron chi connectivity index (χ3n) is 3.35. The summed E-state index contributed by atoms with van der Waals surface area (Å²) in [6.45, 7) is 7.14. The highest BCUT2D eigenvalue weighted by atomic mass is 32.1. The molecule has 0 aromatic heterocycles. The predicted molar refractivity (Wildman–Crippen MR) is 64.8 cm³/mol. The first-order valence-electron chi connectivity index (χ1n) is 5.21. The Hall–Kier alpha value is 0.0469. The molecule has 0 aliphatic heterocycles. The van der Waals surface area contributed by atoms with E-state index in [1.165, 1.54) is 17.3 Å². The monoisotopic (exact) mass is 210 g/mol. The van der Waals surface area contributed by atoms with Crippen LogP contribution in [0, 0.1) is 17.8 Å². The van der Waals surface area contributed by atoms with Crippen molar-refractivity contribution >= 4 is 24.8 Å². The number of allylic oxidation sites excluding steroid dienone is 2. The van der Waals surface area contributed by atoms with Crippen molar-refractivity contribution in [1.29, 1.82) is 0 Å². The molecule has 0 aromatic carbocycles. The molecule has 0 spiro atoms. The molecule has 1 saturated carbocycles. The standard InChI is InChI=1S/C11H18SSi/c1-13(2,3)11(12)10-7-8-4-5-9(10)6-8/h4-5,8-10H,6-7H2,1-3H3/t8-,9+,10?/m0/s1. The highest BCUT2D eigenvalue weighted by Crippen LogP contribution is 2.45. The molecule has 2 aliphatic carbocycles. The van der Waals surface area contributed by atoms with E-state index in [9.17, 15) is 0 Å². The van der Waals surface area contributed by atoms with Crippen LogP contribution in [0.1, 0.15) is 12.8 Å². The molecule has 0 nitrogen and oxygen atoms in total. The van der Waals surface area contributed by atoms with Gasteiger partial charge in [-0.2, -0.15) is 0 Å². The number of hydrogen-bond donors (Lipinski definition) is 0. The summed E-state index contributed by atoms with van der Waals surface area (Å²) in [5.74, 6) is 2.44. The Bertz CT molecular complexity index is 262. The summed E-state index contributed by atoms with van der Waals surface area (Å²) < 4.78 is 1.43. The molecule has 1 fully saturated rings. The van der Waals surface area contributed by atoms with Gasteiger partial charge in [-0.15, -0.1) is 0 Å². The Morgan fingerprint density at radius 2 is 1.92 bits per heavy atom. The zero-order chi connectivity index (χ0) is 9.64. The molecule has 0 amide bonds. The number of thiocarbonyl (C=S) groups is 1. The first kappa shape index (κ1) is 9.60. The molecular formula is C11H18SSi. The first-order valence-corrected chi connectivity index (χ1v) is 9.12. The maximum atomic E-state index is 5.64. The Labute approximate surface area is 87.4 Å². The van der Waals surface area contributed by atoms with Gasteiger partial charge in [-0.1, -0.05) is 44.0 Å². The molecule has 2 heteroatoms. The molecule has 13 heavy (non-hydrogen) atoms. The Kier molecular flexibility index (Phi) is 2.23. The molecule has 3 atom stereocenters. The van der Waals surface area contributed by atoms with Gasteiger partial charge in [0.15, 0.2) is 0 Å². The van der Waals surface area contributed by atoms with Gasteiger partial charge in [0, 0.05) is 0 Å². The van der Waals surface area contributed by atoms with Crippen molar-refractivity contribution in [3.63, 3.8) is 0 Å². The lowest BCUT2D eigenvalue weighted by Gasteiger charge is -2.27. The van der Waals surface area contributed by atoms with E-state index in [1.54, 1.807) is 0 Å². The van der Waals surface area contributed by atoms with Crippen LogP contribution in [0.5, 0.6) is 0 Å². The van der Waals surface area contributed by atoms with Gasteiger partial charge in [-0.25, -0.2) is 0 Å². The van der Waals surface area contributed by atoms with E-state index >= 15 is 0 Å². The smallest absolute Gasteiger partial charge is 0.0866 e. The first-order chi connectivity index (χ1) is 5.98. The molecular weight excluding hydrogens is 192 g/mol. The van der Waals surface area contributed by atoms with E-state index < -0.39 is 8.07 Å². The largest absolute Gasteiger partial charge is 0.0943 e. The molecule has 0 aromatic rings. The SMILES string of the molecule is C[Si](C)(C)C(=S)C1C[C@H]2C=C[C@@H]1C2. The van der Waals surface area contributed by atoms with Gasteiger partial charge in [-0.05, 0) is 35.1 Å². The summed E-state index contributed by atoms with van der Waals surface area (Å²) in [6, 6.07) is 0. The van der Waals surface area contributed by atoms with Crippen molar-refractivity contribution in [2.45, 2.75) is 32.5 Å². The highest BCUT2D eigenvalue weighted by molar-refractivity contribution is 7.85. The van der Waals surface area contributed by atoms with E-state index in [-0.39, 0.29) is 0 Å². The van der Waals surface area contributed by atoms with Crippen LogP contribution in [-0.2, 0) is 0 Å². The second-order valence-corrected chi connectivity index (χ2v) is 11.3. The third kappa shape index (κ3) is 1.66. The predicted octanol–water partition coefficient (Wildman–Crippen LogP) is 3.45. The zero-order valence-corrected chi connectivity index (χ0v) is 10.5. The fourth-order valence-corrected chi connectivity index (χ4v) is 4.35. The lowest BCUT2D eigenvalue weighted by Crippen LogP contribution is -2.38. The lowest BCUT2D eigenvalue weighted by atomic mass is 9.95. The summed E-state index contributed by atoms with van der Waals surface area (Å²) in [5.41, 5.74) is 0. The Balaban J connectivity index is 2.12. The molecule has 2 bridgehead atoms. The van der Waals surface area contributed by atoms with Crippen LogP contribution in [0.15, 0.2) is 12.2 Å². The second-order valence-electron chi connectivity index (χ2n) is 5.50. The minimum atomic E-state index is -1.17. The molecule has 0 saturated heterocycles. The summed E-state index contributed by atoms with van der Waals surface area (Å²) >= 11 is 5.64. The maximum Gasteiger partial charge on any atom is 0.0866 e. The van der Waals surface area contributed by atoms with Crippen LogP contribution >= 0.6 is 12.2 Å². The molecule has 2 rings (SSSR count). The molecule has 0 N–H and O–H groups in total. The molecule has 0 heterocycles. The van der Waals surface area contributed by atoms with Crippen molar-refractivity contribution in [2.24, 2.45) is 17.8 Å². The quantitative estimate of drug-likeness (QED) is 0.382. The topological polar surface area (TPSA) is 0 Å². The van der Waals surface area contributed by atoms with Gasteiger partial charge in [0.2, 0.25) is 0 Å². The average Bonchev–Trinajstić information content (AvgIpc) is 2.60. The van der Waals surface area contributed by atoms with E-state index in [2.05, 4.69) is 31.8 Å². The zero-order valence-electron chi connectivity index (χ0n) is 8.71. The maximum absolute atomic E-state index is 5.64. The van der Waals surface area contributed by atoms with Gasteiger partial charge in [0.25, 0.3) is 0 Å². The fraction of sp³-hybridized carbons (Fsp3) is 0.727. The minimum absolute atomic E-state index is 0.761. The van der Waals surface area contributed by atoms with Crippen LogP contribution in [-0.4, -0.2) is 12.6 Å². The number of fused-ring (bicyclic) bond motifs is 2. The number of rotatable bonds is 2. The Morgan fingerprint density at radius 1 is 1.23 bits per heavy atom. The Morgan fingerprint density at radius 3 is 2.31 bits per heavy atom. The molecule has 2 aliphatic rings. The van der Waals surface area contributed by atoms with Gasteiger partial charge in [0.1, 0.15) is 0 Å². The fourth-order valence-electron chi connectivity index (χ4n) is 2.64. The number of hydrogen-bond acceptors (Lipinski definition) is 1. The van der Waals surface area contributed by atoms with E-state index in [0.29, 0.717) is 0 Å². The summed E-state index contributed by atoms with van der Waals surface area (Å²) in [5, 5.41) is 0. The van der Waals surface area contributed by atoms with Crippen molar-refractivity contribution in [3.8, 4) is 0 Å². The van der Waals surface area contributed by atoms with E-state index in [1.807, 2.05) is 0 Å². The summed E-state index contributed by atoms with van der Waals surface area (Å²) in [7, 11) is -1.17. The lowest BCUT2D eigenvalue weighted by molar-refractivity contribution is 0.595. The summed E-state index contributed by atoms with van der Waals surface area (Å²) in [6.07, 6.45) is 7.54. The van der Waals surface area contributed by atoms with E-state index in [0.717, 1.165) is 17.8 Å². The van der Waals surface area contributed by atoms with Crippen LogP contribution < -0.4 is 0 Å². The van der Waals surface area contributed by atoms with Gasteiger partial charge < -0.3 is 0 Å². The van der Waals surface area contributed by atoms with Crippen molar-refractivity contribution in [3.05, 3.63) is 12.2 Å². The van der Waals surface area contributed by atoms with Crippen molar-refractivity contribution in [2.75, 3.05) is 0 Å². The average molecular weight is 210 g/mol. The van der Waals surface area contributed by atoms with Crippen LogP contribution in [0.4, 0.5) is 0 Å². The third-order valence-corrected chi connectivity index (χ3v) is 7.34. The molecule has 72 valence electrons.